The van der Waals surface area contributed by atoms with Crippen molar-refractivity contribution in [1.82, 2.24) is 4.90 Å². The average molecular weight is 544 g/mol. The summed E-state index contributed by atoms with van der Waals surface area (Å²) < 4.78 is 87.3. The molecule has 208 valence electrons. The van der Waals surface area contributed by atoms with E-state index in [-0.39, 0.29) is 60.9 Å². The van der Waals surface area contributed by atoms with Gasteiger partial charge in [-0.25, -0.2) is 0 Å². The molecule has 2 saturated heterocycles. The van der Waals surface area contributed by atoms with Crippen LogP contribution in [0.25, 0.3) is 10.8 Å². The van der Waals surface area contributed by atoms with Gasteiger partial charge in [-0.05, 0) is 86.8 Å². The Morgan fingerprint density at radius 3 is 2.13 bits per heavy atom. The lowest BCUT2D eigenvalue weighted by molar-refractivity contribution is -0.185. The van der Waals surface area contributed by atoms with Gasteiger partial charge in [-0.15, -0.1) is 0 Å². The number of carboxylic acids is 1. The number of hydrogen-bond donors (Lipinski definition) is 1. The maximum atomic E-state index is 14.2. The van der Waals surface area contributed by atoms with Gasteiger partial charge >= 0.3 is 18.3 Å². The molecule has 1 saturated carbocycles. The molecule has 38 heavy (non-hydrogen) atoms. The highest BCUT2D eigenvalue weighted by Gasteiger charge is 2.45. The first-order chi connectivity index (χ1) is 17.8. The fraction of sp³-hybridized carbons (Fsp3) is 0.607. The molecule has 4 nitrogen and oxygen atoms in total. The first kappa shape index (κ1) is 27.1. The van der Waals surface area contributed by atoms with Gasteiger partial charge in [-0.3, -0.25) is 9.69 Å². The van der Waals surface area contributed by atoms with Crippen LogP contribution in [0.2, 0.25) is 0 Å². The van der Waals surface area contributed by atoms with Crippen LogP contribution in [-0.2, 0) is 11.0 Å². The van der Waals surface area contributed by atoms with Gasteiger partial charge in [0.15, 0.2) is 0 Å². The van der Waals surface area contributed by atoms with E-state index in [4.69, 9.17) is 4.74 Å². The van der Waals surface area contributed by atoms with E-state index >= 15 is 0 Å². The van der Waals surface area contributed by atoms with Gasteiger partial charge in [0.1, 0.15) is 11.3 Å². The molecule has 3 aliphatic rings. The minimum atomic E-state index is -4.71. The Balaban J connectivity index is 1.39. The normalized spacial score (nSPS) is 29.4. The molecular formula is C28H31F6NO3. The molecule has 2 aliphatic heterocycles. The van der Waals surface area contributed by atoms with Gasteiger partial charge in [0.2, 0.25) is 0 Å². The zero-order chi connectivity index (χ0) is 27.4. The van der Waals surface area contributed by atoms with Gasteiger partial charge in [0.05, 0.1) is 17.9 Å². The van der Waals surface area contributed by atoms with E-state index in [1.807, 2.05) is 6.92 Å². The fourth-order valence-corrected chi connectivity index (χ4v) is 6.89. The van der Waals surface area contributed by atoms with Crippen LogP contribution >= 0.6 is 0 Å². The van der Waals surface area contributed by atoms with E-state index in [0.29, 0.717) is 18.2 Å². The molecular weight excluding hydrogens is 512 g/mol. The summed E-state index contributed by atoms with van der Waals surface area (Å²) in [7, 11) is 0. The van der Waals surface area contributed by atoms with Crippen LogP contribution in [-0.4, -0.2) is 40.3 Å². The molecule has 3 fully saturated rings. The molecule has 3 atom stereocenters. The Morgan fingerprint density at radius 1 is 0.947 bits per heavy atom. The fourth-order valence-electron chi connectivity index (χ4n) is 6.89. The molecule has 3 unspecified atom stereocenters. The van der Waals surface area contributed by atoms with Crippen LogP contribution < -0.4 is 4.74 Å². The second-order valence-corrected chi connectivity index (χ2v) is 11.1. The van der Waals surface area contributed by atoms with Gasteiger partial charge in [-0.2, -0.15) is 26.3 Å². The number of piperidine rings is 1. The van der Waals surface area contributed by atoms with Crippen molar-refractivity contribution in [2.24, 2.45) is 11.8 Å². The average Bonchev–Trinajstić information content (AvgIpc) is 3.10. The molecule has 10 heteroatoms. The Bertz CT molecular complexity index is 1170. The van der Waals surface area contributed by atoms with Gasteiger partial charge in [-0.1, -0.05) is 18.2 Å². The number of carboxylic acid groups (broad SMARTS) is 1. The summed E-state index contributed by atoms with van der Waals surface area (Å²) >= 11 is 0. The number of benzene rings is 2. The minimum Gasteiger partial charge on any atom is -0.490 e. The van der Waals surface area contributed by atoms with Crippen LogP contribution in [0.15, 0.2) is 30.3 Å². The molecule has 0 spiro atoms. The largest absolute Gasteiger partial charge is 0.490 e. The number of hydrogen-bond acceptors (Lipinski definition) is 3. The van der Waals surface area contributed by atoms with Crippen LogP contribution in [0.1, 0.15) is 75.5 Å². The number of ether oxygens (including phenoxy) is 1. The summed E-state index contributed by atoms with van der Waals surface area (Å²) in [5.41, 5.74) is -0.0510. The monoisotopic (exact) mass is 543 g/mol. The van der Waals surface area contributed by atoms with E-state index in [1.54, 1.807) is 18.2 Å². The minimum absolute atomic E-state index is 0.0116. The van der Waals surface area contributed by atoms with E-state index in [0.717, 1.165) is 18.4 Å². The standard InChI is InChI=1S/C28H31F6NO3/c1-15(35-20-6-7-21(35)14-18(13-20)26(36)37)16-2-10-23-17(12-16)3-11-24(25(23)28(32,33)34)38-22-8-4-19(5-9-22)27(29,30)31/h2-3,10-12,15,18-22H,4-9,13-14H2,1H3,(H,36,37). The second-order valence-electron chi connectivity index (χ2n) is 11.1. The Morgan fingerprint density at radius 2 is 1.58 bits per heavy atom. The van der Waals surface area contributed by atoms with Crippen molar-refractivity contribution in [3.63, 3.8) is 0 Å². The molecule has 0 radical (unpaired) electrons. The van der Waals surface area contributed by atoms with E-state index in [1.165, 1.54) is 12.1 Å². The van der Waals surface area contributed by atoms with Gasteiger partial charge in [0, 0.05) is 18.1 Å². The van der Waals surface area contributed by atoms with Crippen molar-refractivity contribution in [2.75, 3.05) is 0 Å². The van der Waals surface area contributed by atoms with Crippen molar-refractivity contribution in [3.05, 3.63) is 41.5 Å². The summed E-state index contributed by atoms with van der Waals surface area (Å²) in [6, 6.07) is 7.91. The van der Waals surface area contributed by atoms with Crippen molar-refractivity contribution in [1.29, 1.82) is 0 Å². The first-order valence-corrected chi connectivity index (χ1v) is 13.2. The summed E-state index contributed by atoms with van der Waals surface area (Å²) in [6.07, 6.45) is -6.93. The zero-order valence-corrected chi connectivity index (χ0v) is 21.0. The Labute approximate surface area is 216 Å². The lowest BCUT2D eigenvalue weighted by Crippen LogP contribution is -2.45. The number of nitrogens with zero attached hydrogens (tertiary/aromatic N) is 1. The molecule has 2 heterocycles. The van der Waals surface area contributed by atoms with E-state index in [9.17, 15) is 36.2 Å². The summed E-state index contributed by atoms with van der Waals surface area (Å²) in [5, 5.41) is 9.85. The van der Waals surface area contributed by atoms with Crippen LogP contribution in [0.5, 0.6) is 5.75 Å². The smallest absolute Gasteiger partial charge is 0.420 e. The molecule has 2 aromatic rings. The second kappa shape index (κ2) is 9.92. The molecule has 0 amide bonds. The lowest BCUT2D eigenvalue weighted by atomic mass is 9.87. The highest BCUT2D eigenvalue weighted by molar-refractivity contribution is 5.89. The van der Waals surface area contributed by atoms with E-state index in [2.05, 4.69) is 4.90 Å². The number of rotatable bonds is 5. The molecule has 2 aromatic carbocycles. The third kappa shape index (κ3) is 5.20. The number of halogens is 6. The topological polar surface area (TPSA) is 49.8 Å². The number of fused-ring (bicyclic) bond motifs is 3. The highest BCUT2D eigenvalue weighted by atomic mass is 19.4. The molecule has 0 aromatic heterocycles. The Kier molecular flexibility index (Phi) is 7.07. The summed E-state index contributed by atoms with van der Waals surface area (Å²) in [4.78, 5) is 13.8. The van der Waals surface area contributed by atoms with Crippen LogP contribution in [0, 0.1) is 11.8 Å². The van der Waals surface area contributed by atoms with Crippen LogP contribution in [0.3, 0.4) is 0 Å². The van der Waals surface area contributed by atoms with E-state index < -0.39 is 35.9 Å². The Hall–Kier alpha value is -2.49. The maximum absolute atomic E-state index is 14.2. The van der Waals surface area contributed by atoms with Gasteiger partial charge in [0.25, 0.3) is 0 Å². The predicted molar refractivity (Wildman–Crippen MR) is 129 cm³/mol. The zero-order valence-electron chi connectivity index (χ0n) is 21.0. The predicted octanol–water partition coefficient (Wildman–Crippen LogP) is 7.75. The van der Waals surface area contributed by atoms with Crippen LogP contribution in [0.4, 0.5) is 26.3 Å². The quantitative estimate of drug-likeness (QED) is 0.392. The molecule has 1 N–H and O–H groups in total. The third-order valence-corrected chi connectivity index (χ3v) is 8.79. The van der Waals surface area contributed by atoms with Crippen molar-refractivity contribution < 1.29 is 41.0 Å². The van der Waals surface area contributed by atoms with Crippen molar-refractivity contribution in [3.8, 4) is 5.75 Å². The highest BCUT2D eigenvalue weighted by Crippen LogP contribution is 2.46. The van der Waals surface area contributed by atoms with Crippen molar-refractivity contribution in [2.45, 2.75) is 94.9 Å². The molecule has 1 aliphatic carbocycles. The number of aliphatic carboxylic acids is 1. The first-order valence-electron chi connectivity index (χ1n) is 13.2. The number of carbonyl (C=O) groups is 1. The van der Waals surface area contributed by atoms with Crippen molar-refractivity contribution >= 4 is 16.7 Å². The SMILES string of the molecule is CC(c1ccc2c(C(F)(F)F)c(OC3CCC(C(F)(F)F)CC3)ccc2c1)N1C2CCC1CC(C(=O)O)C2. The third-order valence-electron chi connectivity index (χ3n) is 8.79. The number of alkyl halides is 6. The lowest BCUT2D eigenvalue weighted by Gasteiger charge is -2.41. The molecule has 2 bridgehead atoms. The molecule has 5 rings (SSSR count). The van der Waals surface area contributed by atoms with Gasteiger partial charge < -0.3 is 9.84 Å². The summed E-state index contributed by atoms with van der Waals surface area (Å²) in [5.74, 6) is -2.92. The maximum Gasteiger partial charge on any atom is 0.420 e. The summed E-state index contributed by atoms with van der Waals surface area (Å²) in [6.45, 7) is 2.01.